The van der Waals surface area contributed by atoms with Gasteiger partial charge in [-0.05, 0) is 18.6 Å². The molecule has 0 bridgehead atoms. The molecule has 0 atom stereocenters. The van der Waals surface area contributed by atoms with Gasteiger partial charge in [-0.15, -0.1) is 0 Å². The lowest BCUT2D eigenvalue weighted by Crippen LogP contribution is -2.36. The Balaban J connectivity index is 3.14. The van der Waals surface area contributed by atoms with E-state index in [2.05, 4.69) is 4.72 Å². The van der Waals surface area contributed by atoms with Gasteiger partial charge >= 0.3 is 0 Å². The van der Waals surface area contributed by atoms with E-state index in [1.165, 1.54) is 20.3 Å². The lowest BCUT2D eigenvalue weighted by atomic mass is 9.96. The van der Waals surface area contributed by atoms with Gasteiger partial charge in [-0.3, -0.25) is 0 Å². The number of methoxy groups -OCH3 is 2. The number of hydrogen-bond donors (Lipinski definition) is 2. The van der Waals surface area contributed by atoms with Crippen molar-refractivity contribution in [2.24, 2.45) is 5.41 Å². The van der Waals surface area contributed by atoms with Gasteiger partial charge in [-0.1, -0.05) is 13.8 Å². The van der Waals surface area contributed by atoms with E-state index < -0.39 is 15.4 Å². The molecule has 0 saturated carbocycles. The predicted molar refractivity (Wildman–Crippen MR) is 80.3 cm³/mol. The van der Waals surface area contributed by atoms with Crippen molar-refractivity contribution >= 4 is 10.0 Å². The molecule has 0 radical (unpaired) electrons. The highest BCUT2D eigenvalue weighted by molar-refractivity contribution is 7.89. The summed E-state index contributed by atoms with van der Waals surface area (Å²) in [4.78, 5) is 0.133. The van der Waals surface area contributed by atoms with Crippen molar-refractivity contribution in [3.63, 3.8) is 0 Å². The molecular formula is C14H23NO5S. The van der Waals surface area contributed by atoms with Crippen molar-refractivity contribution in [1.29, 1.82) is 0 Å². The van der Waals surface area contributed by atoms with E-state index in [4.69, 9.17) is 9.47 Å². The molecule has 0 aliphatic heterocycles. The Morgan fingerprint density at radius 2 is 1.71 bits per heavy atom. The number of rotatable bonds is 7. The maximum atomic E-state index is 12.4. The molecule has 1 aromatic carbocycles. The van der Waals surface area contributed by atoms with Crippen LogP contribution in [0.5, 0.6) is 11.5 Å². The molecule has 0 heterocycles. The van der Waals surface area contributed by atoms with Gasteiger partial charge in [-0.2, -0.15) is 0 Å². The summed E-state index contributed by atoms with van der Waals surface area (Å²) in [6.45, 7) is 5.27. The van der Waals surface area contributed by atoms with Crippen LogP contribution in [0.4, 0.5) is 0 Å². The van der Waals surface area contributed by atoms with E-state index in [9.17, 15) is 13.5 Å². The number of nitrogens with one attached hydrogen (secondary N) is 1. The molecule has 0 aliphatic rings. The zero-order chi connectivity index (χ0) is 16.3. The summed E-state index contributed by atoms with van der Waals surface area (Å²) in [5.41, 5.74) is 0.0271. The van der Waals surface area contributed by atoms with Crippen LogP contribution in [0.3, 0.4) is 0 Å². The van der Waals surface area contributed by atoms with Crippen molar-refractivity contribution in [3.8, 4) is 11.5 Å². The second kappa shape index (κ2) is 6.64. The van der Waals surface area contributed by atoms with Crippen molar-refractivity contribution in [2.75, 3.05) is 27.4 Å². The fraction of sp³-hybridized carbons (Fsp3) is 0.571. The summed E-state index contributed by atoms with van der Waals surface area (Å²) in [6, 6.07) is 3.05. The van der Waals surface area contributed by atoms with Crippen molar-refractivity contribution in [1.82, 2.24) is 4.72 Å². The average Bonchev–Trinajstić information content (AvgIpc) is 2.44. The van der Waals surface area contributed by atoms with Gasteiger partial charge in [0.1, 0.15) is 0 Å². The molecule has 120 valence electrons. The topological polar surface area (TPSA) is 84.9 Å². The Hall–Kier alpha value is -1.31. The molecule has 0 aromatic heterocycles. The van der Waals surface area contributed by atoms with Crippen LogP contribution in [-0.2, 0) is 10.0 Å². The molecule has 1 aromatic rings. The molecule has 0 saturated heterocycles. The summed E-state index contributed by atoms with van der Waals surface area (Å²) in [6.07, 6.45) is 0. The smallest absolute Gasteiger partial charge is 0.240 e. The Morgan fingerprint density at radius 3 is 2.19 bits per heavy atom. The minimum absolute atomic E-state index is 0.111. The normalized spacial score (nSPS) is 12.3. The third-order valence-corrected chi connectivity index (χ3v) is 4.68. The summed E-state index contributed by atoms with van der Waals surface area (Å²) in [5.74, 6) is 0.828. The Labute approximate surface area is 126 Å². The molecule has 0 aliphatic carbocycles. The first-order valence-electron chi connectivity index (χ1n) is 6.50. The van der Waals surface area contributed by atoms with Gasteiger partial charge in [0.05, 0.1) is 19.1 Å². The van der Waals surface area contributed by atoms with E-state index in [-0.39, 0.29) is 18.0 Å². The maximum Gasteiger partial charge on any atom is 0.240 e. The third kappa shape index (κ3) is 4.33. The molecular weight excluding hydrogens is 294 g/mol. The summed E-state index contributed by atoms with van der Waals surface area (Å²) >= 11 is 0. The highest BCUT2D eigenvalue weighted by Gasteiger charge is 2.24. The third-order valence-electron chi connectivity index (χ3n) is 3.14. The second-order valence-electron chi connectivity index (χ2n) is 5.62. The van der Waals surface area contributed by atoms with E-state index >= 15 is 0 Å². The number of sulfonamides is 1. The largest absolute Gasteiger partial charge is 0.493 e. The van der Waals surface area contributed by atoms with Crippen LogP contribution < -0.4 is 14.2 Å². The maximum absolute atomic E-state index is 12.4. The number of aliphatic hydroxyl groups is 1. The van der Waals surface area contributed by atoms with Gasteiger partial charge in [0.25, 0.3) is 0 Å². The van der Waals surface area contributed by atoms with Crippen LogP contribution in [0.2, 0.25) is 0 Å². The second-order valence-corrected chi connectivity index (χ2v) is 7.35. The highest BCUT2D eigenvalue weighted by Crippen LogP contribution is 2.32. The van der Waals surface area contributed by atoms with Gasteiger partial charge in [-0.25, -0.2) is 13.1 Å². The van der Waals surface area contributed by atoms with Crippen LogP contribution in [0.1, 0.15) is 19.4 Å². The standard InChI is InChI=1S/C14H23NO5S/c1-10-6-11(19-4)12(20-5)7-13(10)21(17,18)15-8-14(2,3)9-16/h6-7,15-16H,8-9H2,1-5H3. The molecule has 0 fully saturated rings. The van der Waals surface area contributed by atoms with Crippen LogP contribution >= 0.6 is 0 Å². The number of benzene rings is 1. The number of hydrogen-bond acceptors (Lipinski definition) is 5. The van der Waals surface area contributed by atoms with E-state index in [1.807, 2.05) is 0 Å². The first-order valence-corrected chi connectivity index (χ1v) is 7.98. The number of ether oxygens (including phenoxy) is 2. The minimum Gasteiger partial charge on any atom is -0.493 e. The van der Waals surface area contributed by atoms with Gasteiger partial charge in [0.2, 0.25) is 10.0 Å². The minimum atomic E-state index is -3.69. The first kappa shape index (κ1) is 17.7. The van der Waals surface area contributed by atoms with E-state index in [0.717, 1.165) is 0 Å². The number of aryl methyl sites for hydroxylation is 1. The lowest BCUT2D eigenvalue weighted by Gasteiger charge is -2.22. The summed E-state index contributed by atoms with van der Waals surface area (Å²) < 4.78 is 37.6. The molecule has 0 spiro atoms. The van der Waals surface area contributed by atoms with Crippen LogP contribution in [0.15, 0.2) is 17.0 Å². The van der Waals surface area contributed by atoms with Crippen LogP contribution in [0.25, 0.3) is 0 Å². The Morgan fingerprint density at radius 1 is 1.19 bits per heavy atom. The molecule has 0 unspecified atom stereocenters. The van der Waals surface area contributed by atoms with Crippen molar-refractivity contribution in [2.45, 2.75) is 25.7 Å². The van der Waals surface area contributed by atoms with Gasteiger partial charge in [0.15, 0.2) is 11.5 Å². The molecule has 1 rings (SSSR count). The quantitative estimate of drug-likeness (QED) is 0.792. The zero-order valence-corrected chi connectivity index (χ0v) is 13.9. The fourth-order valence-corrected chi connectivity index (χ4v) is 3.16. The molecule has 21 heavy (non-hydrogen) atoms. The van der Waals surface area contributed by atoms with E-state index in [1.54, 1.807) is 26.8 Å². The molecule has 2 N–H and O–H groups in total. The Bertz CT molecular complexity index is 596. The van der Waals surface area contributed by atoms with Gasteiger partial charge < -0.3 is 14.6 Å². The summed E-state index contributed by atoms with van der Waals surface area (Å²) in [7, 11) is -0.745. The lowest BCUT2D eigenvalue weighted by molar-refractivity contribution is 0.163. The Kier molecular flexibility index (Phi) is 5.61. The first-order chi connectivity index (χ1) is 9.66. The van der Waals surface area contributed by atoms with Crippen molar-refractivity contribution in [3.05, 3.63) is 17.7 Å². The zero-order valence-electron chi connectivity index (χ0n) is 13.1. The number of aliphatic hydroxyl groups excluding tert-OH is 1. The molecule has 0 amide bonds. The highest BCUT2D eigenvalue weighted by atomic mass is 32.2. The van der Waals surface area contributed by atoms with Gasteiger partial charge in [0, 0.05) is 24.6 Å². The predicted octanol–water partition coefficient (Wildman–Crippen LogP) is 1.31. The summed E-state index contributed by atoms with van der Waals surface area (Å²) in [5, 5.41) is 9.20. The molecule has 6 nitrogen and oxygen atoms in total. The van der Waals surface area contributed by atoms with Crippen molar-refractivity contribution < 1.29 is 23.0 Å². The SMILES string of the molecule is COc1cc(C)c(S(=O)(=O)NCC(C)(C)CO)cc1OC. The van der Waals surface area contributed by atoms with Crippen LogP contribution in [0, 0.1) is 12.3 Å². The van der Waals surface area contributed by atoms with Crippen LogP contribution in [-0.4, -0.2) is 40.9 Å². The fourth-order valence-electron chi connectivity index (χ4n) is 1.68. The monoisotopic (exact) mass is 317 g/mol. The molecule has 7 heteroatoms. The average molecular weight is 317 g/mol. The van der Waals surface area contributed by atoms with E-state index in [0.29, 0.717) is 17.1 Å².